The Morgan fingerprint density at radius 2 is 1.19 bits per heavy atom. The Kier molecular flexibility index (Phi) is 4.09. The van der Waals surface area contributed by atoms with Crippen molar-refractivity contribution in [3.05, 3.63) is 101 Å². The fourth-order valence-electron chi connectivity index (χ4n) is 5.96. The summed E-state index contributed by atoms with van der Waals surface area (Å²) in [6.45, 7) is 1.95. The first-order valence-corrected chi connectivity index (χ1v) is 10.9. The van der Waals surface area contributed by atoms with Gasteiger partial charge in [-0.05, 0) is 41.3 Å². The van der Waals surface area contributed by atoms with Gasteiger partial charge in [-0.25, -0.2) is 9.69 Å². The highest BCUT2D eigenvalue weighted by Gasteiger charge is 2.62. The van der Waals surface area contributed by atoms with Gasteiger partial charge >= 0.3 is 5.97 Å². The van der Waals surface area contributed by atoms with Gasteiger partial charge in [-0.15, -0.1) is 0 Å². The lowest BCUT2D eigenvalue weighted by atomic mass is 9.55. The van der Waals surface area contributed by atoms with Crippen LogP contribution in [0, 0.1) is 11.8 Å². The van der Waals surface area contributed by atoms with E-state index < -0.39 is 17.8 Å². The van der Waals surface area contributed by atoms with Crippen molar-refractivity contribution in [3.63, 3.8) is 0 Å². The number of esters is 1. The Hall–Kier alpha value is -3.73. The lowest BCUT2D eigenvalue weighted by Crippen LogP contribution is -2.41. The number of ether oxygens (including phenoxy) is 1. The number of hydrogen-bond donors (Lipinski definition) is 0. The predicted octanol–water partition coefficient (Wildman–Crippen LogP) is 4.26. The van der Waals surface area contributed by atoms with E-state index in [-0.39, 0.29) is 35.8 Å². The molecular weight excluding hydrogens is 402 g/mol. The van der Waals surface area contributed by atoms with E-state index in [2.05, 4.69) is 24.3 Å². The van der Waals surface area contributed by atoms with Crippen molar-refractivity contribution in [1.29, 1.82) is 0 Å². The molecule has 0 unspecified atom stereocenters. The average Bonchev–Trinajstić information content (AvgIpc) is 3.09. The summed E-state index contributed by atoms with van der Waals surface area (Å²) < 4.78 is 5.19. The third-order valence-electron chi connectivity index (χ3n) is 7.09. The van der Waals surface area contributed by atoms with Crippen LogP contribution in [-0.2, 0) is 14.3 Å². The summed E-state index contributed by atoms with van der Waals surface area (Å²) in [4.78, 5) is 41.5. The first-order valence-electron chi connectivity index (χ1n) is 10.9. The van der Waals surface area contributed by atoms with E-state index in [4.69, 9.17) is 4.74 Å². The van der Waals surface area contributed by atoms with Gasteiger partial charge in [-0.2, -0.15) is 0 Å². The number of carbonyl (C=O) groups is 3. The third-order valence-corrected chi connectivity index (χ3v) is 7.09. The summed E-state index contributed by atoms with van der Waals surface area (Å²) in [7, 11) is 0. The van der Waals surface area contributed by atoms with Gasteiger partial charge in [0.25, 0.3) is 0 Å². The third kappa shape index (κ3) is 2.36. The Labute approximate surface area is 185 Å². The zero-order valence-electron chi connectivity index (χ0n) is 17.5. The van der Waals surface area contributed by atoms with Crippen molar-refractivity contribution >= 4 is 23.5 Å². The summed E-state index contributed by atoms with van der Waals surface area (Å²) in [6, 6.07) is 23.0. The summed E-state index contributed by atoms with van der Waals surface area (Å²) >= 11 is 0. The smallest absolute Gasteiger partial charge is 0.340 e. The zero-order chi connectivity index (χ0) is 22.0. The second kappa shape index (κ2) is 6.89. The first-order chi connectivity index (χ1) is 15.6. The highest BCUT2D eigenvalue weighted by atomic mass is 16.5. The van der Waals surface area contributed by atoms with Gasteiger partial charge in [0, 0.05) is 11.8 Å². The molecule has 32 heavy (non-hydrogen) atoms. The fraction of sp³-hybridized carbons (Fsp3) is 0.222. The maximum absolute atomic E-state index is 13.8. The fourth-order valence-corrected chi connectivity index (χ4v) is 5.96. The minimum Gasteiger partial charge on any atom is -0.462 e. The van der Waals surface area contributed by atoms with Crippen LogP contribution >= 0.6 is 0 Å². The molecule has 0 N–H and O–H groups in total. The second-order valence-electron chi connectivity index (χ2n) is 8.51. The van der Waals surface area contributed by atoms with Crippen molar-refractivity contribution in [3.8, 4) is 0 Å². The molecule has 7 rings (SSSR count). The van der Waals surface area contributed by atoms with Gasteiger partial charge in [-0.3, -0.25) is 9.59 Å². The summed E-state index contributed by atoms with van der Waals surface area (Å²) in [5, 5.41) is 0. The number of benzene rings is 3. The summed E-state index contributed by atoms with van der Waals surface area (Å²) in [5.74, 6) is -2.32. The monoisotopic (exact) mass is 423 g/mol. The normalized spacial score (nSPS) is 24.7. The molecule has 0 radical (unpaired) electrons. The summed E-state index contributed by atoms with van der Waals surface area (Å²) in [5.41, 5.74) is 5.04. The second-order valence-corrected chi connectivity index (χ2v) is 8.51. The number of amides is 2. The van der Waals surface area contributed by atoms with Gasteiger partial charge in [0.15, 0.2) is 0 Å². The average molecular weight is 423 g/mol. The van der Waals surface area contributed by atoms with Crippen molar-refractivity contribution < 1.29 is 19.1 Å². The maximum Gasteiger partial charge on any atom is 0.340 e. The van der Waals surface area contributed by atoms with Crippen LogP contribution in [0.15, 0.2) is 72.8 Å². The molecule has 0 saturated carbocycles. The highest BCUT2D eigenvalue weighted by molar-refractivity contribution is 6.25. The molecule has 3 aromatic rings. The van der Waals surface area contributed by atoms with Crippen LogP contribution < -0.4 is 4.90 Å². The van der Waals surface area contributed by atoms with E-state index in [9.17, 15) is 14.4 Å². The number of para-hydroxylation sites is 1. The van der Waals surface area contributed by atoms with Gasteiger partial charge in [-0.1, -0.05) is 60.7 Å². The maximum atomic E-state index is 13.8. The lowest BCUT2D eigenvalue weighted by Gasteiger charge is -2.45. The standard InChI is InChI=1S/C27H21NO4/c1-2-32-27(31)19-13-7-8-14-20(19)28-25(29)23-21-15-9-3-4-10-16(15)22(24(23)26(28)30)18-12-6-5-11-17(18)21/h3-14,21-24H,2H2,1H3/t21?,22?,23-,24-/m1/s1. The molecule has 1 saturated heterocycles. The van der Waals surface area contributed by atoms with E-state index in [0.717, 1.165) is 22.3 Å². The largest absolute Gasteiger partial charge is 0.462 e. The van der Waals surface area contributed by atoms with E-state index in [0.29, 0.717) is 5.69 Å². The Bertz CT molecular complexity index is 1180. The minimum atomic E-state index is -0.534. The van der Waals surface area contributed by atoms with Crippen molar-refractivity contribution in [2.75, 3.05) is 11.5 Å². The highest BCUT2D eigenvalue weighted by Crippen LogP contribution is 2.61. The van der Waals surface area contributed by atoms with Crippen LogP contribution in [0.2, 0.25) is 0 Å². The molecule has 0 aromatic heterocycles. The Morgan fingerprint density at radius 3 is 1.66 bits per heavy atom. The molecule has 4 aliphatic rings. The molecule has 3 aromatic carbocycles. The lowest BCUT2D eigenvalue weighted by molar-refractivity contribution is -0.122. The van der Waals surface area contributed by atoms with Crippen LogP contribution in [-0.4, -0.2) is 24.4 Å². The number of nitrogens with zero attached hydrogens (tertiary/aromatic N) is 1. The molecule has 2 amide bonds. The van der Waals surface area contributed by atoms with Crippen LogP contribution in [0.25, 0.3) is 0 Å². The van der Waals surface area contributed by atoms with E-state index in [1.165, 1.54) is 4.90 Å². The van der Waals surface area contributed by atoms with Crippen LogP contribution in [0.3, 0.4) is 0 Å². The molecular formula is C27H21NO4. The molecule has 158 valence electrons. The van der Waals surface area contributed by atoms with Gasteiger partial charge in [0.1, 0.15) is 0 Å². The molecule has 1 heterocycles. The molecule has 1 fully saturated rings. The number of imide groups is 1. The number of hydrogen-bond acceptors (Lipinski definition) is 4. The SMILES string of the molecule is CCOC(=O)c1ccccc1N1C(=O)[C@@H]2C3c4ccccc4C(c4ccccc43)[C@H]2C1=O. The van der Waals surface area contributed by atoms with E-state index in [1.54, 1.807) is 31.2 Å². The summed E-state index contributed by atoms with van der Waals surface area (Å²) in [6.07, 6.45) is 0. The van der Waals surface area contributed by atoms with Crippen molar-refractivity contribution in [2.45, 2.75) is 18.8 Å². The molecule has 3 aliphatic carbocycles. The quantitative estimate of drug-likeness (QED) is 0.467. The Morgan fingerprint density at radius 1 is 0.750 bits per heavy atom. The molecule has 2 atom stereocenters. The Balaban J connectivity index is 1.53. The topological polar surface area (TPSA) is 63.7 Å². The molecule has 5 nitrogen and oxygen atoms in total. The number of carbonyl (C=O) groups excluding carboxylic acids is 3. The van der Waals surface area contributed by atoms with Crippen molar-refractivity contribution in [2.24, 2.45) is 11.8 Å². The van der Waals surface area contributed by atoms with Gasteiger partial charge < -0.3 is 4.74 Å². The van der Waals surface area contributed by atoms with E-state index in [1.807, 2.05) is 24.3 Å². The zero-order valence-corrected chi connectivity index (χ0v) is 17.5. The van der Waals surface area contributed by atoms with Gasteiger partial charge in [0.05, 0.1) is 29.7 Å². The number of rotatable bonds is 3. The van der Waals surface area contributed by atoms with Crippen LogP contribution in [0.1, 0.15) is 51.4 Å². The van der Waals surface area contributed by atoms with Crippen LogP contribution in [0.4, 0.5) is 5.69 Å². The predicted molar refractivity (Wildman–Crippen MR) is 118 cm³/mol. The minimum absolute atomic E-state index is 0.173. The number of anilines is 1. The van der Waals surface area contributed by atoms with Crippen molar-refractivity contribution in [1.82, 2.24) is 0 Å². The molecule has 2 bridgehead atoms. The molecule has 0 spiro atoms. The van der Waals surface area contributed by atoms with Gasteiger partial charge in [0.2, 0.25) is 11.8 Å². The van der Waals surface area contributed by atoms with E-state index >= 15 is 0 Å². The molecule has 5 heteroatoms. The molecule has 1 aliphatic heterocycles. The first kappa shape index (κ1) is 19.0. The van der Waals surface area contributed by atoms with Crippen LogP contribution in [0.5, 0.6) is 0 Å².